The number of carbonyl (C=O) groups is 2. The van der Waals surface area contributed by atoms with E-state index in [4.69, 9.17) is 9.84 Å². The quantitative estimate of drug-likeness (QED) is 0.653. The van der Waals surface area contributed by atoms with Gasteiger partial charge in [-0.25, -0.2) is 4.79 Å². The van der Waals surface area contributed by atoms with Crippen molar-refractivity contribution in [3.63, 3.8) is 0 Å². The summed E-state index contributed by atoms with van der Waals surface area (Å²) in [4.78, 5) is 24.9. The molecule has 3 N–H and O–H groups in total. The number of rotatable bonds is 7. The summed E-state index contributed by atoms with van der Waals surface area (Å²) >= 11 is 0. The van der Waals surface area contributed by atoms with E-state index in [1.165, 1.54) is 0 Å². The Kier molecular flexibility index (Phi) is 6.65. The molecule has 0 aliphatic heterocycles. The van der Waals surface area contributed by atoms with Gasteiger partial charge in [0.2, 0.25) is 0 Å². The number of urea groups is 1. The molecule has 0 saturated heterocycles. The predicted molar refractivity (Wildman–Crippen MR) is 86.4 cm³/mol. The van der Waals surface area contributed by atoms with Gasteiger partial charge < -0.3 is 20.5 Å². The summed E-state index contributed by atoms with van der Waals surface area (Å²) in [6, 6.07) is 0.336. The zero-order chi connectivity index (χ0) is 16.8. The average molecular weight is 327 g/mol. The van der Waals surface area contributed by atoms with Crippen molar-refractivity contribution in [2.75, 3.05) is 20.2 Å². The van der Waals surface area contributed by atoms with Crippen LogP contribution >= 0.6 is 0 Å². The van der Waals surface area contributed by atoms with Crippen LogP contribution in [0.15, 0.2) is 0 Å². The highest BCUT2D eigenvalue weighted by molar-refractivity contribution is 5.74. The molecule has 7 nitrogen and oxygen atoms in total. The highest BCUT2D eigenvalue weighted by atomic mass is 16.5. The van der Waals surface area contributed by atoms with E-state index in [2.05, 4.69) is 10.6 Å². The Hall–Kier alpha value is -1.34. The zero-order valence-electron chi connectivity index (χ0n) is 14.1. The van der Waals surface area contributed by atoms with Gasteiger partial charge in [-0.2, -0.15) is 0 Å². The predicted octanol–water partition coefficient (Wildman–Crippen LogP) is 1.18. The van der Waals surface area contributed by atoms with E-state index in [1.54, 1.807) is 7.11 Å². The molecule has 7 heteroatoms. The summed E-state index contributed by atoms with van der Waals surface area (Å²) < 4.78 is 5.45. The number of carboxylic acids is 1. The highest BCUT2D eigenvalue weighted by Gasteiger charge is 2.35. The molecule has 0 heterocycles. The van der Waals surface area contributed by atoms with Gasteiger partial charge >= 0.3 is 12.0 Å². The van der Waals surface area contributed by atoms with Crippen LogP contribution in [-0.2, 0) is 9.53 Å². The van der Waals surface area contributed by atoms with Crippen molar-refractivity contribution in [3.05, 3.63) is 0 Å². The van der Waals surface area contributed by atoms with E-state index in [9.17, 15) is 9.59 Å². The van der Waals surface area contributed by atoms with Crippen molar-refractivity contribution >= 4 is 12.0 Å². The number of carbonyl (C=O) groups excluding carboxylic acids is 1. The molecular weight excluding hydrogens is 298 g/mol. The van der Waals surface area contributed by atoms with Crippen molar-refractivity contribution in [1.82, 2.24) is 15.5 Å². The van der Waals surface area contributed by atoms with Gasteiger partial charge in [-0.1, -0.05) is 19.8 Å². The molecule has 23 heavy (non-hydrogen) atoms. The Balaban J connectivity index is 1.70. The van der Waals surface area contributed by atoms with E-state index >= 15 is 0 Å². The summed E-state index contributed by atoms with van der Waals surface area (Å²) in [6.45, 7) is 2.75. The fourth-order valence-electron chi connectivity index (χ4n) is 3.62. The van der Waals surface area contributed by atoms with Crippen LogP contribution in [0.25, 0.3) is 0 Å². The number of methoxy groups -OCH3 is 1. The van der Waals surface area contributed by atoms with Crippen molar-refractivity contribution in [2.45, 2.75) is 69.7 Å². The van der Waals surface area contributed by atoms with Gasteiger partial charge in [-0.15, -0.1) is 0 Å². The Morgan fingerprint density at radius 1 is 1.22 bits per heavy atom. The van der Waals surface area contributed by atoms with Crippen molar-refractivity contribution in [3.8, 4) is 0 Å². The van der Waals surface area contributed by atoms with Crippen molar-refractivity contribution in [1.29, 1.82) is 0 Å². The van der Waals surface area contributed by atoms with Crippen LogP contribution in [0.5, 0.6) is 0 Å². The third-order valence-corrected chi connectivity index (χ3v) is 5.03. The first-order valence-corrected chi connectivity index (χ1v) is 8.59. The topological polar surface area (TPSA) is 90.9 Å². The third-order valence-electron chi connectivity index (χ3n) is 5.03. The smallest absolute Gasteiger partial charge is 0.317 e. The van der Waals surface area contributed by atoms with Crippen LogP contribution in [0.2, 0.25) is 0 Å². The van der Waals surface area contributed by atoms with E-state index in [0.29, 0.717) is 6.54 Å². The van der Waals surface area contributed by atoms with Gasteiger partial charge in [0.05, 0.1) is 18.7 Å². The zero-order valence-corrected chi connectivity index (χ0v) is 14.1. The highest BCUT2D eigenvalue weighted by Crippen LogP contribution is 2.26. The van der Waals surface area contributed by atoms with Crippen LogP contribution < -0.4 is 10.6 Å². The summed E-state index contributed by atoms with van der Waals surface area (Å²) in [6.07, 6.45) is 5.96. The summed E-state index contributed by atoms with van der Waals surface area (Å²) in [5.41, 5.74) is 0. The SMILES string of the molecule is CCN(CC(=O)O)C1CC(NC(=O)N[C@H]2CCCC[C@@H]2OC)C1. The molecule has 2 aliphatic rings. The molecule has 2 saturated carbocycles. The standard InChI is InChI=1S/C16H29N3O4/c1-3-19(10-15(20)21)12-8-11(9-12)17-16(22)18-13-6-4-5-7-14(13)23-2/h11-14H,3-10H2,1-2H3,(H,20,21)(H2,17,18,22)/t11?,12?,13-,14-/m0/s1. The number of aliphatic carboxylic acids is 1. The lowest BCUT2D eigenvalue weighted by molar-refractivity contribution is -0.139. The molecule has 132 valence electrons. The Labute approximate surface area is 137 Å². The molecule has 2 aliphatic carbocycles. The molecule has 0 spiro atoms. The summed E-state index contributed by atoms with van der Waals surface area (Å²) in [5.74, 6) is -0.802. The monoisotopic (exact) mass is 327 g/mol. The van der Waals surface area contributed by atoms with E-state index in [0.717, 1.165) is 38.5 Å². The van der Waals surface area contributed by atoms with E-state index in [1.807, 2.05) is 11.8 Å². The maximum atomic E-state index is 12.1. The fraction of sp³-hybridized carbons (Fsp3) is 0.875. The first kappa shape index (κ1) is 18.0. The molecule has 2 rings (SSSR count). The minimum absolute atomic E-state index is 0.0671. The van der Waals surface area contributed by atoms with Gasteiger partial charge in [-0.05, 0) is 32.2 Å². The maximum Gasteiger partial charge on any atom is 0.317 e. The van der Waals surface area contributed by atoms with Gasteiger partial charge in [-0.3, -0.25) is 9.69 Å². The number of carboxylic acid groups (broad SMARTS) is 1. The number of amides is 2. The van der Waals surface area contributed by atoms with Gasteiger partial charge in [0.25, 0.3) is 0 Å². The lowest BCUT2D eigenvalue weighted by Crippen LogP contribution is -2.58. The second-order valence-corrected chi connectivity index (χ2v) is 6.56. The normalized spacial score (nSPS) is 30.6. The Morgan fingerprint density at radius 2 is 1.91 bits per heavy atom. The first-order chi connectivity index (χ1) is 11.0. The van der Waals surface area contributed by atoms with Gasteiger partial charge in [0.1, 0.15) is 0 Å². The second-order valence-electron chi connectivity index (χ2n) is 6.56. The number of likely N-dealkylation sites (N-methyl/N-ethyl adjacent to an activating group) is 1. The van der Waals surface area contributed by atoms with Crippen LogP contribution in [0.4, 0.5) is 4.79 Å². The van der Waals surface area contributed by atoms with Gasteiger partial charge in [0.15, 0.2) is 0 Å². The number of hydrogen-bond donors (Lipinski definition) is 3. The van der Waals surface area contributed by atoms with Crippen LogP contribution in [0.3, 0.4) is 0 Å². The molecule has 0 aromatic carbocycles. The van der Waals surface area contributed by atoms with Gasteiger partial charge in [0, 0.05) is 19.2 Å². The molecule has 2 atom stereocenters. The molecule has 2 fully saturated rings. The third kappa shape index (κ3) is 5.07. The molecule has 0 unspecified atom stereocenters. The molecule has 0 aromatic rings. The largest absolute Gasteiger partial charge is 0.480 e. The first-order valence-electron chi connectivity index (χ1n) is 8.59. The number of ether oxygens (including phenoxy) is 1. The van der Waals surface area contributed by atoms with E-state index < -0.39 is 5.97 Å². The minimum Gasteiger partial charge on any atom is -0.480 e. The average Bonchev–Trinajstić information content (AvgIpc) is 2.48. The Bertz CT molecular complexity index is 412. The van der Waals surface area contributed by atoms with Crippen molar-refractivity contribution in [2.24, 2.45) is 0 Å². The number of hydrogen-bond acceptors (Lipinski definition) is 4. The number of nitrogens with one attached hydrogen (secondary N) is 2. The molecule has 0 bridgehead atoms. The summed E-state index contributed by atoms with van der Waals surface area (Å²) in [5, 5.41) is 14.9. The van der Waals surface area contributed by atoms with Crippen LogP contribution in [0.1, 0.15) is 45.4 Å². The van der Waals surface area contributed by atoms with E-state index in [-0.39, 0.29) is 36.8 Å². The fourth-order valence-corrected chi connectivity index (χ4v) is 3.62. The van der Waals surface area contributed by atoms with Crippen LogP contribution in [0, 0.1) is 0 Å². The Morgan fingerprint density at radius 3 is 2.52 bits per heavy atom. The molecule has 0 aromatic heterocycles. The minimum atomic E-state index is -0.802. The molecule has 2 amide bonds. The van der Waals surface area contributed by atoms with Crippen LogP contribution in [-0.4, -0.2) is 66.4 Å². The summed E-state index contributed by atoms with van der Waals surface area (Å²) in [7, 11) is 1.70. The second kappa shape index (κ2) is 8.49. The molecule has 0 radical (unpaired) electrons. The lowest BCUT2D eigenvalue weighted by Gasteiger charge is -2.42. The van der Waals surface area contributed by atoms with Crippen molar-refractivity contribution < 1.29 is 19.4 Å². The molecular formula is C16H29N3O4. The maximum absolute atomic E-state index is 12.1. The lowest BCUT2D eigenvalue weighted by atomic mass is 9.85. The number of nitrogens with zero attached hydrogens (tertiary/aromatic N) is 1.